The van der Waals surface area contributed by atoms with E-state index >= 15 is 0 Å². The number of nitrogens with zero attached hydrogens (tertiary/aromatic N) is 1. The Balaban J connectivity index is 2.26. The van der Waals surface area contributed by atoms with Gasteiger partial charge in [-0.2, -0.15) is 5.10 Å². The molecule has 6 heteroatoms. The van der Waals surface area contributed by atoms with Gasteiger partial charge in [-0.3, -0.25) is 9.89 Å². The smallest absolute Gasteiger partial charge is 0.241 e. The molecule has 0 saturated carbocycles. The summed E-state index contributed by atoms with van der Waals surface area (Å²) in [5.41, 5.74) is 6.97. The van der Waals surface area contributed by atoms with Gasteiger partial charge in [0.15, 0.2) is 0 Å². The number of anilines is 1. The van der Waals surface area contributed by atoms with Crippen LogP contribution in [0.3, 0.4) is 0 Å². The highest BCUT2D eigenvalue weighted by molar-refractivity contribution is 6.38. The third kappa shape index (κ3) is 2.72. The number of hydrogen-bond acceptors (Lipinski definition) is 3. The first-order valence-corrected chi connectivity index (χ1v) is 6.36. The van der Waals surface area contributed by atoms with Crippen molar-refractivity contribution in [2.45, 2.75) is 26.8 Å². The van der Waals surface area contributed by atoms with Gasteiger partial charge in [0.1, 0.15) is 0 Å². The Morgan fingerprint density at radius 2 is 2.16 bits per heavy atom. The van der Waals surface area contributed by atoms with E-state index in [9.17, 15) is 4.79 Å². The number of nitrogens with one attached hydrogen (secondary N) is 2. The summed E-state index contributed by atoms with van der Waals surface area (Å²) in [4.78, 5) is 12.1. The molecule has 5 nitrogen and oxygen atoms in total. The number of aromatic nitrogens is 2. The summed E-state index contributed by atoms with van der Waals surface area (Å²) in [5.74, 6) is -0.253. The zero-order valence-corrected chi connectivity index (χ0v) is 11.9. The number of hydrogen-bond donors (Lipinski definition) is 3. The monoisotopic (exact) mass is 280 g/mol. The van der Waals surface area contributed by atoms with E-state index in [1.165, 1.54) is 0 Å². The van der Waals surface area contributed by atoms with Gasteiger partial charge in [-0.15, -0.1) is 0 Å². The molecule has 0 aliphatic carbocycles. The fourth-order valence-corrected chi connectivity index (χ4v) is 1.94. The number of amides is 1. The Bertz CT molecular complexity index is 615. The van der Waals surface area contributed by atoms with Crippen LogP contribution in [0.4, 0.5) is 5.69 Å². The van der Waals surface area contributed by atoms with E-state index in [1.807, 2.05) is 26.8 Å². The van der Waals surface area contributed by atoms with Crippen LogP contribution in [-0.4, -0.2) is 22.1 Å². The molecule has 1 unspecified atom stereocenters. The molecular weight excluding hydrogens is 264 g/mol. The molecule has 1 heterocycles. The Labute approximate surface area is 116 Å². The minimum atomic E-state index is -0.608. The molecule has 102 valence electrons. The summed E-state index contributed by atoms with van der Waals surface area (Å²) < 4.78 is 0. The Hall–Kier alpha value is -1.59. The van der Waals surface area contributed by atoms with Crippen LogP contribution >= 0.6 is 11.6 Å². The number of H-pyrrole nitrogens is 1. The molecule has 0 aliphatic rings. The van der Waals surface area contributed by atoms with Crippen LogP contribution in [0.2, 0.25) is 5.02 Å². The number of nitrogens with two attached hydrogens (primary N) is 1. The maximum absolute atomic E-state index is 12.1. The highest BCUT2D eigenvalue weighted by atomic mass is 35.5. The summed E-state index contributed by atoms with van der Waals surface area (Å²) in [7, 11) is 0. The molecule has 1 aromatic heterocycles. The van der Waals surface area contributed by atoms with Crippen molar-refractivity contribution in [2.75, 3.05) is 5.32 Å². The van der Waals surface area contributed by atoms with Crippen LogP contribution in [-0.2, 0) is 4.79 Å². The van der Waals surface area contributed by atoms with Gasteiger partial charge in [0.25, 0.3) is 0 Å². The predicted octanol–water partition coefficient (Wildman–Crippen LogP) is 2.53. The minimum Gasteiger partial charge on any atom is -0.323 e. The summed E-state index contributed by atoms with van der Waals surface area (Å²) in [6.07, 6.45) is 1.62. The summed E-state index contributed by atoms with van der Waals surface area (Å²) in [6, 6.07) is 2.94. The lowest BCUT2D eigenvalue weighted by molar-refractivity contribution is -0.119. The second-order valence-corrected chi connectivity index (χ2v) is 5.97. The maximum atomic E-state index is 12.1. The molecule has 2 rings (SSSR count). The summed E-state index contributed by atoms with van der Waals surface area (Å²) in [6.45, 7) is 5.74. The molecular formula is C13H17ClN4O. The van der Waals surface area contributed by atoms with E-state index in [0.717, 1.165) is 10.9 Å². The van der Waals surface area contributed by atoms with Crippen molar-refractivity contribution in [1.29, 1.82) is 0 Å². The number of carbonyl (C=O) groups is 1. The second-order valence-electron chi connectivity index (χ2n) is 5.59. The molecule has 1 aromatic carbocycles. The zero-order valence-electron chi connectivity index (χ0n) is 11.1. The van der Waals surface area contributed by atoms with Gasteiger partial charge in [-0.25, -0.2) is 0 Å². The Morgan fingerprint density at radius 3 is 2.79 bits per heavy atom. The van der Waals surface area contributed by atoms with Crippen LogP contribution in [0.1, 0.15) is 20.8 Å². The van der Waals surface area contributed by atoms with Crippen molar-refractivity contribution in [2.24, 2.45) is 11.1 Å². The second kappa shape index (κ2) is 4.83. The first-order valence-electron chi connectivity index (χ1n) is 5.98. The van der Waals surface area contributed by atoms with E-state index in [2.05, 4.69) is 15.5 Å². The highest BCUT2D eigenvalue weighted by Gasteiger charge is 2.27. The number of halogens is 1. The van der Waals surface area contributed by atoms with Gasteiger partial charge in [0.2, 0.25) is 5.91 Å². The highest BCUT2D eigenvalue weighted by Crippen LogP contribution is 2.30. The van der Waals surface area contributed by atoms with Crippen molar-refractivity contribution in [1.82, 2.24) is 10.2 Å². The topological polar surface area (TPSA) is 83.8 Å². The van der Waals surface area contributed by atoms with E-state index in [1.54, 1.807) is 12.3 Å². The number of fused-ring (bicyclic) bond motifs is 1. The fourth-order valence-electron chi connectivity index (χ4n) is 1.68. The van der Waals surface area contributed by atoms with Crippen LogP contribution in [0, 0.1) is 5.41 Å². The molecule has 0 radical (unpaired) electrons. The van der Waals surface area contributed by atoms with Crippen molar-refractivity contribution in [3.63, 3.8) is 0 Å². The van der Waals surface area contributed by atoms with Gasteiger partial charge in [-0.1, -0.05) is 32.4 Å². The molecule has 4 N–H and O–H groups in total. The van der Waals surface area contributed by atoms with Crippen molar-refractivity contribution < 1.29 is 4.79 Å². The minimum absolute atomic E-state index is 0.253. The van der Waals surface area contributed by atoms with Crippen molar-refractivity contribution in [3.8, 4) is 0 Å². The lowest BCUT2D eigenvalue weighted by Gasteiger charge is -2.26. The SMILES string of the molecule is CC(C)(C)C(N)C(=O)Nc1ccc2[nH]ncc2c1Cl. The third-order valence-corrected chi connectivity index (χ3v) is 3.44. The summed E-state index contributed by atoms with van der Waals surface area (Å²) in [5, 5.41) is 10.7. The predicted molar refractivity (Wildman–Crippen MR) is 77.2 cm³/mol. The first-order chi connectivity index (χ1) is 8.80. The quantitative estimate of drug-likeness (QED) is 0.790. The van der Waals surface area contributed by atoms with Gasteiger partial charge >= 0.3 is 0 Å². The number of carbonyl (C=O) groups excluding carboxylic acids is 1. The van der Waals surface area contributed by atoms with Crippen LogP contribution in [0.15, 0.2) is 18.3 Å². The van der Waals surface area contributed by atoms with Crippen molar-refractivity contribution >= 4 is 34.1 Å². The Morgan fingerprint density at radius 1 is 1.47 bits per heavy atom. The Kier molecular flexibility index (Phi) is 3.52. The lowest BCUT2D eigenvalue weighted by Crippen LogP contribution is -2.45. The number of rotatable bonds is 2. The molecule has 0 aliphatic heterocycles. The molecule has 0 fully saturated rings. The molecule has 1 amide bonds. The number of aromatic amines is 1. The number of benzene rings is 1. The molecule has 0 bridgehead atoms. The summed E-state index contributed by atoms with van der Waals surface area (Å²) >= 11 is 6.23. The zero-order chi connectivity index (χ0) is 14.2. The average molecular weight is 281 g/mol. The van der Waals surface area contributed by atoms with E-state index < -0.39 is 6.04 Å². The third-order valence-electron chi connectivity index (χ3n) is 3.03. The first kappa shape index (κ1) is 13.8. The van der Waals surface area contributed by atoms with Crippen LogP contribution in [0.5, 0.6) is 0 Å². The maximum Gasteiger partial charge on any atom is 0.241 e. The fraction of sp³-hybridized carbons (Fsp3) is 0.385. The normalized spacial score (nSPS) is 13.5. The van der Waals surface area contributed by atoms with Crippen LogP contribution in [0.25, 0.3) is 10.9 Å². The van der Waals surface area contributed by atoms with Gasteiger partial charge in [-0.05, 0) is 17.5 Å². The largest absolute Gasteiger partial charge is 0.323 e. The van der Waals surface area contributed by atoms with Gasteiger partial charge < -0.3 is 11.1 Å². The molecule has 1 atom stereocenters. The average Bonchev–Trinajstić information content (AvgIpc) is 2.79. The molecule has 0 spiro atoms. The van der Waals surface area contributed by atoms with E-state index in [4.69, 9.17) is 17.3 Å². The van der Waals surface area contributed by atoms with E-state index in [-0.39, 0.29) is 11.3 Å². The van der Waals surface area contributed by atoms with Crippen LogP contribution < -0.4 is 11.1 Å². The molecule has 0 saturated heterocycles. The van der Waals surface area contributed by atoms with Gasteiger partial charge in [0.05, 0.1) is 28.5 Å². The van der Waals surface area contributed by atoms with Crippen molar-refractivity contribution in [3.05, 3.63) is 23.4 Å². The lowest BCUT2D eigenvalue weighted by atomic mass is 9.87. The molecule has 19 heavy (non-hydrogen) atoms. The molecule has 2 aromatic rings. The van der Waals surface area contributed by atoms with E-state index in [0.29, 0.717) is 10.7 Å². The standard InChI is InChI=1S/C13H17ClN4O/c1-13(2,3)11(15)12(19)17-9-5-4-8-7(10(9)14)6-16-18-8/h4-6,11H,15H2,1-3H3,(H,16,18)(H,17,19). The van der Waals surface area contributed by atoms with Gasteiger partial charge in [0, 0.05) is 5.39 Å².